The molecule has 1 fully saturated rings. The molecular formula is C21H29N3O4. The van der Waals surface area contributed by atoms with Crippen LogP contribution in [-0.4, -0.2) is 56.2 Å². The van der Waals surface area contributed by atoms with Crippen LogP contribution in [0.1, 0.15) is 24.8 Å². The number of pyridine rings is 1. The lowest BCUT2D eigenvalue weighted by atomic mass is 10.1. The number of piperidine rings is 1. The van der Waals surface area contributed by atoms with Crippen molar-refractivity contribution in [3.63, 3.8) is 0 Å². The van der Waals surface area contributed by atoms with Crippen LogP contribution in [0, 0.1) is 0 Å². The fraction of sp³-hybridized carbons (Fsp3) is 0.571. The molecule has 0 bridgehead atoms. The van der Waals surface area contributed by atoms with Crippen LogP contribution in [0.25, 0.3) is 10.9 Å². The molecule has 0 unspecified atom stereocenters. The normalized spacial score (nSPS) is 16.8. The summed E-state index contributed by atoms with van der Waals surface area (Å²) in [5.74, 6) is 1.46. The van der Waals surface area contributed by atoms with Crippen LogP contribution in [0.3, 0.4) is 0 Å². The Balaban J connectivity index is 1.64. The van der Waals surface area contributed by atoms with Crippen LogP contribution >= 0.6 is 0 Å². The number of ether oxygens (including phenoxy) is 3. The number of nitrogens with one attached hydrogen (secondary N) is 1. The fourth-order valence-electron chi connectivity index (χ4n) is 4.00. The second-order valence-corrected chi connectivity index (χ2v) is 7.46. The van der Waals surface area contributed by atoms with E-state index in [0.717, 1.165) is 41.9 Å². The molecule has 3 heterocycles. The molecule has 0 saturated carbocycles. The van der Waals surface area contributed by atoms with Gasteiger partial charge >= 0.3 is 0 Å². The van der Waals surface area contributed by atoms with Gasteiger partial charge in [-0.15, -0.1) is 0 Å². The minimum Gasteiger partial charge on any atom is -0.454 e. The first-order chi connectivity index (χ1) is 13.8. The molecule has 1 aromatic carbocycles. The van der Waals surface area contributed by atoms with Crippen molar-refractivity contribution in [1.82, 2.24) is 14.8 Å². The van der Waals surface area contributed by atoms with Crippen LogP contribution in [0.15, 0.2) is 23.0 Å². The predicted octanol–water partition coefficient (Wildman–Crippen LogP) is 1.95. The van der Waals surface area contributed by atoms with Gasteiger partial charge in [0.05, 0.1) is 12.1 Å². The van der Waals surface area contributed by atoms with Crippen molar-refractivity contribution < 1.29 is 14.2 Å². The van der Waals surface area contributed by atoms with Gasteiger partial charge in [-0.25, -0.2) is 0 Å². The summed E-state index contributed by atoms with van der Waals surface area (Å²) in [7, 11) is 1.67. The third-order valence-corrected chi connectivity index (χ3v) is 5.55. The predicted molar refractivity (Wildman–Crippen MR) is 108 cm³/mol. The summed E-state index contributed by atoms with van der Waals surface area (Å²) in [6, 6.07) is 5.89. The van der Waals surface area contributed by atoms with Gasteiger partial charge in [-0.1, -0.05) is 6.42 Å². The highest BCUT2D eigenvalue weighted by atomic mass is 16.7. The number of methoxy groups -OCH3 is 1. The topological polar surface area (TPSA) is 65.0 Å². The molecule has 28 heavy (non-hydrogen) atoms. The molecular weight excluding hydrogens is 358 g/mol. The van der Waals surface area contributed by atoms with Gasteiger partial charge in [-0.05, 0) is 38.1 Å². The van der Waals surface area contributed by atoms with E-state index in [1.807, 2.05) is 22.8 Å². The SMILES string of the molecule is COCCNCc1cc2cc3c(cc2n(CCN2CCCCC2)c1=O)OCO3. The number of nitrogens with zero attached hydrogens (tertiary/aromatic N) is 2. The van der Waals surface area contributed by atoms with Gasteiger partial charge < -0.3 is 29.0 Å². The van der Waals surface area contributed by atoms with Crippen molar-refractivity contribution in [2.24, 2.45) is 0 Å². The first kappa shape index (κ1) is 19.2. The summed E-state index contributed by atoms with van der Waals surface area (Å²) in [5, 5.41) is 4.29. The van der Waals surface area contributed by atoms with E-state index in [0.29, 0.717) is 32.0 Å². The molecule has 2 aliphatic heterocycles. The van der Waals surface area contributed by atoms with E-state index in [-0.39, 0.29) is 12.4 Å². The lowest BCUT2D eigenvalue weighted by Crippen LogP contribution is -2.36. The summed E-state index contributed by atoms with van der Waals surface area (Å²) >= 11 is 0. The highest BCUT2D eigenvalue weighted by Crippen LogP contribution is 2.35. The first-order valence-corrected chi connectivity index (χ1v) is 10.1. The van der Waals surface area contributed by atoms with E-state index < -0.39 is 0 Å². The molecule has 0 amide bonds. The molecule has 2 aliphatic rings. The molecule has 0 aliphatic carbocycles. The molecule has 7 heteroatoms. The molecule has 1 saturated heterocycles. The average molecular weight is 387 g/mol. The number of fused-ring (bicyclic) bond motifs is 2. The Hall–Kier alpha value is -2.09. The number of benzene rings is 1. The summed E-state index contributed by atoms with van der Waals surface area (Å²) in [6.07, 6.45) is 3.81. The molecule has 0 radical (unpaired) electrons. The maximum Gasteiger partial charge on any atom is 0.255 e. The van der Waals surface area contributed by atoms with Crippen molar-refractivity contribution in [3.8, 4) is 11.5 Å². The monoisotopic (exact) mass is 387 g/mol. The Morgan fingerprint density at radius 3 is 2.64 bits per heavy atom. The van der Waals surface area contributed by atoms with Crippen LogP contribution in [0.5, 0.6) is 11.5 Å². The summed E-state index contributed by atoms with van der Waals surface area (Å²) in [4.78, 5) is 15.7. The molecule has 0 atom stereocenters. The van der Waals surface area contributed by atoms with Gasteiger partial charge in [0, 0.05) is 50.3 Å². The van der Waals surface area contributed by atoms with Crippen molar-refractivity contribution >= 4 is 10.9 Å². The third kappa shape index (κ3) is 4.16. The van der Waals surface area contributed by atoms with Gasteiger partial charge in [0.15, 0.2) is 11.5 Å². The molecule has 152 valence electrons. The Labute approximate surface area is 165 Å². The molecule has 1 aromatic heterocycles. The summed E-state index contributed by atoms with van der Waals surface area (Å²) < 4.78 is 18.1. The van der Waals surface area contributed by atoms with Crippen LogP contribution in [0.4, 0.5) is 0 Å². The van der Waals surface area contributed by atoms with E-state index in [9.17, 15) is 4.79 Å². The van der Waals surface area contributed by atoms with Gasteiger partial charge in [0.2, 0.25) is 6.79 Å². The third-order valence-electron chi connectivity index (χ3n) is 5.55. The van der Waals surface area contributed by atoms with E-state index in [1.54, 1.807) is 7.11 Å². The zero-order valence-electron chi connectivity index (χ0n) is 16.5. The quantitative estimate of drug-likeness (QED) is 0.699. The van der Waals surface area contributed by atoms with Crippen LogP contribution < -0.4 is 20.3 Å². The molecule has 2 aromatic rings. The molecule has 7 nitrogen and oxygen atoms in total. The number of rotatable bonds is 8. The Bertz CT molecular complexity index is 874. The lowest BCUT2D eigenvalue weighted by molar-refractivity contribution is 0.174. The zero-order valence-corrected chi connectivity index (χ0v) is 16.5. The second kappa shape index (κ2) is 8.94. The number of hydrogen-bond donors (Lipinski definition) is 1. The van der Waals surface area contributed by atoms with Crippen molar-refractivity contribution in [3.05, 3.63) is 34.1 Å². The van der Waals surface area contributed by atoms with Crippen molar-refractivity contribution in [2.75, 3.05) is 46.7 Å². The zero-order chi connectivity index (χ0) is 19.3. The van der Waals surface area contributed by atoms with Gasteiger partial charge in [0.1, 0.15) is 0 Å². The highest BCUT2D eigenvalue weighted by molar-refractivity contribution is 5.84. The standard InChI is InChI=1S/C21H29N3O4/c1-26-10-5-22-14-17-11-16-12-19-20(28-15-27-19)13-18(16)24(21(17)25)9-8-23-6-3-2-4-7-23/h11-13,22H,2-10,14-15H2,1H3. The lowest BCUT2D eigenvalue weighted by Gasteiger charge is -2.27. The average Bonchev–Trinajstić information content (AvgIpc) is 3.17. The Morgan fingerprint density at radius 2 is 1.86 bits per heavy atom. The smallest absolute Gasteiger partial charge is 0.255 e. The number of likely N-dealkylation sites (tertiary alicyclic amines) is 1. The Kier molecular flexibility index (Phi) is 6.14. The maximum atomic E-state index is 13.2. The Morgan fingerprint density at radius 1 is 1.07 bits per heavy atom. The molecule has 1 N–H and O–H groups in total. The summed E-state index contributed by atoms with van der Waals surface area (Å²) in [5.41, 5.74) is 1.74. The van der Waals surface area contributed by atoms with Gasteiger partial charge in [-0.2, -0.15) is 0 Å². The maximum absolute atomic E-state index is 13.2. The molecule has 0 spiro atoms. The van der Waals surface area contributed by atoms with E-state index in [1.165, 1.54) is 19.3 Å². The fourth-order valence-corrected chi connectivity index (χ4v) is 4.00. The van der Waals surface area contributed by atoms with Crippen LogP contribution in [-0.2, 0) is 17.8 Å². The van der Waals surface area contributed by atoms with E-state index >= 15 is 0 Å². The summed E-state index contributed by atoms with van der Waals surface area (Å²) in [6.45, 7) is 5.91. The molecule has 4 rings (SSSR count). The minimum absolute atomic E-state index is 0.0632. The number of hydrogen-bond acceptors (Lipinski definition) is 6. The highest BCUT2D eigenvalue weighted by Gasteiger charge is 2.18. The van der Waals surface area contributed by atoms with Crippen molar-refractivity contribution in [2.45, 2.75) is 32.4 Å². The second-order valence-electron chi connectivity index (χ2n) is 7.46. The number of aromatic nitrogens is 1. The van der Waals surface area contributed by atoms with E-state index in [4.69, 9.17) is 14.2 Å². The largest absolute Gasteiger partial charge is 0.454 e. The van der Waals surface area contributed by atoms with Gasteiger partial charge in [-0.3, -0.25) is 4.79 Å². The van der Waals surface area contributed by atoms with Crippen molar-refractivity contribution in [1.29, 1.82) is 0 Å². The minimum atomic E-state index is 0.0632. The first-order valence-electron chi connectivity index (χ1n) is 10.1. The van der Waals surface area contributed by atoms with E-state index in [2.05, 4.69) is 10.2 Å². The van der Waals surface area contributed by atoms with Crippen LogP contribution in [0.2, 0.25) is 0 Å². The van der Waals surface area contributed by atoms with Gasteiger partial charge in [0.25, 0.3) is 5.56 Å².